The molecular weight excluding hydrogens is 1630 g/mol. The summed E-state index contributed by atoms with van der Waals surface area (Å²) in [5, 5.41) is 83.2. The molecule has 0 aliphatic carbocycles. The van der Waals surface area contributed by atoms with Crippen molar-refractivity contribution in [3.63, 3.8) is 0 Å². The zero-order chi connectivity index (χ0) is 84.1. The van der Waals surface area contributed by atoms with E-state index in [0.717, 1.165) is 83.0 Å². The molecule has 21 rings (SSSR count). The van der Waals surface area contributed by atoms with Crippen LogP contribution in [0.1, 0.15) is 56.8 Å². The van der Waals surface area contributed by atoms with Crippen molar-refractivity contribution < 1.29 is 48.1 Å². The van der Waals surface area contributed by atoms with Gasteiger partial charge in [-0.15, -0.1) is 20.5 Å². The number of benzene rings is 14. The Kier molecular flexibility index (Phi) is 19.3. The first-order valence-corrected chi connectivity index (χ1v) is 39.5. The topological polar surface area (TPSA) is 340 Å². The minimum absolute atomic E-state index is 0.00920. The van der Waals surface area contributed by atoms with Gasteiger partial charge >= 0.3 is 0 Å². The van der Waals surface area contributed by atoms with Crippen molar-refractivity contribution in [2.75, 3.05) is 23.1 Å². The highest BCUT2D eigenvalue weighted by Gasteiger charge is 2.36. The number of ether oxygens (including phenoxy) is 1. The first-order valence-electron chi connectivity index (χ1n) is 37.9. The van der Waals surface area contributed by atoms with Crippen molar-refractivity contribution in [3.8, 4) is 23.4 Å². The quantitative estimate of drug-likeness (QED) is 0.0321. The fraction of sp³-hybridized carbons (Fsp3) is 0.0532. The van der Waals surface area contributed by atoms with E-state index in [1.165, 1.54) is 0 Å². The molecular formula is C94H60Cl4N14O10. The van der Waals surface area contributed by atoms with E-state index in [4.69, 9.17) is 60.0 Å². The number of aliphatic imine (C=N–C) groups is 1. The molecule has 0 unspecified atom stereocenters. The predicted octanol–water partition coefficient (Wildman–Crippen LogP) is 22.3. The normalized spacial score (nSPS) is 14.0. The molecule has 7 heterocycles. The Balaban J connectivity index is 0.000000125. The summed E-state index contributed by atoms with van der Waals surface area (Å²) in [5.41, 5.74) is 10.8. The van der Waals surface area contributed by atoms with Gasteiger partial charge in [-0.05, 0) is 153 Å². The molecule has 0 saturated carbocycles. The second kappa shape index (κ2) is 30.6. The number of methoxy groups -OCH3 is 1. The van der Waals surface area contributed by atoms with E-state index in [1.807, 2.05) is 116 Å². The fourth-order valence-corrected chi connectivity index (χ4v) is 16.7. The van der Waals surface area contributed by atoms with Crippen molar-refractivity contribution >= 4 is 220 Å². The number of hydrogen-bond acceptors (Lipinski definition) is 19. The van der Waals surface area contributed by atoms with E-state index in [2.05, 4.69) is 110 Å². The molecule has 3 aromatic heterocycles. The highest BCUT2D eigenvalue weighted by molar-refractivity contribution is 6.55. The van der Waals surface area contributed by atoms with E-state index in [0.29, 0.717) is 65.5 Å². The predicted molar refractivity (Wildman–Crippen MR) is 474 cm³/mol. The first kappa shape index (κ1) is 76.7. The smallest absolute Gasteiger partial charge is 0.291 e. The number of nitrogens with zero attached hydrogens (tertiary/aromatic N) is 9. The van der Waals surface area contributed by atoms with Gasteiger partial charge in [-0.1, -0.05) is 168 Å². The number of aryl methyl sites for hydroxylation is 1. The number of halogens is 4. The average Bonchev–Trinajstić information content (AvgIpc) is 1.56. The maximum Gasteiger partial charge on any atom is 0.291 e. The number of hydrogen-bond donors (Lipinski definition) is 8. The van der Waals surface area contributed by atoms with Crippen LogP contribution < -0.4 is 47.2 Å². The van der Waals surface area contributed by atoms with Gasteiger partial charge in [-0.3, -0.25) is 19.2 Å². The zero-order valence-corrected chi connectivity index (χ0v) is 67.4. The highest BCUT2D eigenvalue weighted by Crippen LogP contribution is 2.49. The summed E-state index contributed by atoms with van der Waals surface area (Å²) in [5.74, 6) is -2.43. The number of furan rings is 2. The molecule has 17 aromatic rings. The lowest BCUT2D eigenvalue weighted by molar-refractivity contribution is -0.113. The van der Waals surface area contributed by atoms with Crippen molar-refractivity contribution in [2.24, 2.45) is 45.7 Å². The minimum atomic E-state index is -0.528. The summed E-state index contributed by atoms with van der Waals surface area (Å²) < 4.78 is 16.5. The number of fused-ring (bicyclic) bond motifs is 11. The number of carbonyl (C=O) groups excluding carboxylic acids is 4. The van der Waals surface area contributed by atoms with Crippen molar-refractivity contribution in [1.82, 2.24) is 10.3 Å². The molecule has 14 aromatic carbocycles. The molecule has 4 amide bonds. The molecule has 0 fully saturated rings. The number of amidine groups is 1. The number of nitrogens with one attached hydrogen (secondary N) is 5. The van der Waals surface area contributed by atoms with Crippen molar-refractivity contribution in [3.05, 3.63) is 317 Å². The van der Waals surface area contributed by atoms with Gasteiger partial charge in [0.25, 0.3) is 35.5 Å². The Hall–Kier alpha value is -15.2. The maximum absolute atomic E-state index is 13.7. The fourth-order valence-electron chi connectivity index (χ4n) is 15.7. The molecule has 8 N–H and O–H groups in total. The summed E-state index contributed by atoms with van der Waals surface area (Å²) in [7, 11) is 1.57. The molecule has 0 saturated heterocycles. The third kappa shape index (κ3) is 13.6. The monoisotopic (exact) mass is 1680 g/mol. The zero-order valence-electron chi connectivity index (χ0n) is 64.3. The van der Waals surface area contributed by atoms with Crippen LogP contribution in [-0.2, 0) is 9.59 Å². The number of azo groups is 3. The minimum Gasteiger partial charge on any atom is -0.505 e. The van der Waals surface area contributed by atoms with Crippen LogP contribution in [0, 0.1) is 6.92 Å². The van der Waals surface area contributed by atoms with Gasteiger partial charge < -0.3 is 55.1 Å². The van der Waals surface area contributed by atoms with E-state index in [9.17, 15) is 34.5 Å². The Labute approximate surface area is 709 Å². The number of rotatable bonds is 12. The lowest BCUT2D eigenvalue weighted by Gasteiger charge is -2.36. The standard InChI is InChI=1S/C39H24Cl4N6O4.C29H24N6.C26H12N2O6/c1-17-15-21(53-2)12-14-25(17)46-38(51)24-16-18-7-13-23-22-5-3-4-6-26(22)45-34(23)27(18)35(36(24)50)49-48-20-10-8-19(9-11-20)44-37-28-29(39(52)47-37)31(41)33(43)32(42)30(28)40;1-29(2)30-26-14-8-13-22-25(17-18-27(31-29)28(22)26)35-34-24-16-15-23(20-11-6-7-12-21(20)24)33-32-19-9-4-3-5-10-19;29-23-19(11-5-1-3-7-15(11)27-23)21-13-9-18-14(10-17(13)33-25(21)31)22(26(32)34-18)20-12-6-2-4-8-16(12)28-24(20)30/h3-16,45,50H,1-2H3,(H,46,51)(H,44,47,52);3-18,30-31H,1-2H3;1-10,31-32H. The molecule has 28 heteroatoms. The van der Waals surface area contributed by atoms with Crippen LogP contribution in [0.3, 0.4) is 0 Å². The molecule has 0 bridgehead atoms. The van der Waals surface area contributed by atoms with Gasteiger partial charge in [-0.2, -0.15) is 10.2 Å². The summed E-state index contributed by atoms with van der Waals surface area (Å²) in [4.78, 5) is 67.9. The van der Waals surface area contributed by atoms with Crippen LogP contribution in [0.2, 0.25) is 20.1 Å². The number of amides is 4. The molecule has 122 heavy (non-hydrogen) atoms. The van der Waals surface area contributed by atoms with Gasteiger partial charge in [0.15, 0.2) is 5.75 Å². The van der Waals surface area contributed by atoms with Gasteiger partial charge in [0.1, 0.15) is 34.1 Å². The Bertz CT molecular complexity index is 7720. The van der Waals surface area contributed by atoms with E-state index >= 15 is 0 Å². The van der Waals surface area contributed by atoms with E-state index in [-0.39, 0.29) is 93.2 Å². The van der Waals surface area contributed by atoms with Gasteiger partial charge in [0, 0.05) is 81.5 Å². The van der Waals surface area contributed by atoms with Crippen LogP contribution in [0.25, 0.3) is 87.2 Å². The third-order valence-corrected chi connectivity index (χ3v) is 23.0. The molecule has 24 nitrogen and oxygen atoms in total. The Morgan fingerprint density at radius 2 is 1.02 bits per heavy atom. The first-order chi connectivity index (χ1) is 59.1. The molecule has 0 spiro atoms. The van der Waals surface area contributed by atoms with Crippen LogP contribution in [-0.4, -0.2) is 62.5 Å². The van der Waals surface area contributed by atoms with E-state index in [1.54, 1.807) is 116 Å². The number of phenols is 1. The number of aromatic amines is 1. The number of phenolic OH excluding ortho intramolecular Hbond substituents is 1. The van der Waals surface area contributed by atoms with Crippen molar-refractivity contribution in [2.45, 2.75) is 26.4 Å². The summed E-state index contributed by atoms with van der Waals surface area (Å²) in [6.07, 6.45) is 0. The van der Waals surface area contributed by atoms with Crippen LogP contribution in [0.5, 0.6) is 23.4 Å². The van der Waals surface area contributed by atoms with E-state index < -0.39 is 35.5 Å². The summed E-state index contributed by atoms with van der Waals surface area (Å²) in [6.45, 7) is 6.09. The average molecular weight is 1690 g/mol. The number of anilines is 3. The molecule has 4 aliphatic heterocycles. The molecule has 594 valence electrons. The second-order valence-corrected chi connectivity index (χ2v) is 30.8. The Morgan fingerprint density at radius 1 is 0.484 bits per heavy atom. The van der Waals surface area contributed by atoms with Crippen LogP contribution in [0.15, 0.2) is 297 Å². The summed E-state index contributed by atoms with van der Waals surface area (Å²) >= 11 is 25.2. The van der Waals surface area contributed by atoms with Gasteiger partial charge in [0.05, 0.1) is 117 Å². The Morgan fingerprint density at radius 3 is 1.65 bits per heavy atom. The largest absolute Gasteiger partial charge is 0.505 e. The van der Waals surface area contributed by atoms with Gasteiger partial charge in [-0.25, -0.2) is 15.0 Å². The van der Waals surface area contributed by atoms with Crippen molar-refractivity contribution in [1.29, 1.82) is 0 Å². The third-order valence-electron chi connectivity index (χ3n) is 21.2. The van der Waals surface area contributed by atoms with Crippen LogP contribution in [0.4, 0.5) is 56.9 Å². The lowest BCUT2D eigenvalue weighted by atomic mass is 9.98. The highest BCUT2D eigenvalue weighted by atomic mass is 35.5. The number of para-hydroxylation sites is 3. The number of carbonyl (C=O) groups is 4. The number of aromatic nitrogens is 1. The summed E-state index contributed by atoms with van der Waals surface area (Å²) in [6, 6.07) is 74.5. The maximum atomic E-state index is 13.7. The lowest BCUT2D eigenvalue weighted by Crippen LogP contribution is -2.41. The molecule has 4 aliphatic rings. The number of aromatic hydroxyl groups is 3. The SMILES string of the molecule is CC1(C)Nc2cccc3c(N=Nc4ccc(N=Nc5ccccc5)c5ccccc45)ccc(c23)N1.COc1ccc(NC(=O)c2cc3ccc4c5ccccc5[nH]c4c3c(N=Nc3ccc(N=C4NC(=O)c5c(Cl)c(Cl)c(Cl)c(Cl)c54)cc3)c2O)c(C)c1.O=C1N=c2ccccc2=C1c1c(O)oc2cc3c(C4=c5ccccc5=NC4=O)c(O)oc3cc12. The molecule has 0 atom stereocenters. The number of H-pyrrole nitrogens is 1. The van der Waals surface area contributed by atoms with Crippen LogP contribution >= 0.6 is 46.4 Å². The second-order valence-electron chi connectivity index (χ2n) is 29.3. The molecule has 0 radical (unpaired) electrons. The van der Waals surface area contributed by atoms with Gasteiger partial charge in [0.2, 0.25) is 0 Å².